The molecule has 4 rings (SSSR count). The highest BCUT2D eigenvalue weighted by atomic mass is 19.4. The highest BCUT2D eigenvalue weighted by molar-refractivity contribution is 5.67. The van der Waals surface area contributed by atoms with Gasteiger partial charge in [-0.3, -0.25) is 0 Å². The number of methoxy groups -OCH3 is 1. The summed E-state index contributed by atoms with van der Waals surface area (Å²) in [6.45, 7) is 5.86. The molecule has 2 aromatic carbocycles. The lowest BCUT2D eigenvalue weighted by atomic mass is 10.0. The van der Waals surface area contributed by atoms with Gasteiger partial charge in [0, 0.05) is 23.5 Å². The topological polar surface area (TPSA) is 83.3 Å². The second-order valence-corrected chi connectivity index (χ2v) is 7.41. The van der Waals surface area contributed by atoms with Gasteiger partial charge in [0.1, 0.15) is 5.75 Å². The number of aryl methyl sites for hydroxylation is 1. The van der Waals surface area contributed by atoms with Gasteiger partial charge in [0.25, 0.3) is 0 Å². The molecule has 2 N–H and O–H groups in total. The van der Waals surface area contributed by atoms with Crippen molar-refractivity contribution in [2.75, 3.05) is 13.0 Å². The van der Waals surface area contributed by atoms with Gasteiger partial charge in [0.2, 0.25) is 5.62 Å². The van der Waals surface area contributed by atoms with Crippen molar-refractivity contribution in [1.29, 1.82) is 0 Å². The number of hydrogen-bond acceptors (Lipinski definition) is 5. The van der Waals surface area contributed by atoms with E-state index in [1.54, 1.807) is 25.6 Å². The maximum absolute atomic E-state index is 13.5. The van der Waals surface area contributed by atoms with E-state index < -0.39 is 11.7 Å². The van der Waals surface area contributed by atoms with E-state index in [1.807, 2.05) is 23.8 Å². The molecule has 0 amide bonds. The Kier molecular flexibility index (Phi) is 5.97. The number of alkyl halides is 3. The van der Waals surface area contributed by atoms with Crippen LogP contribution in [-0.4, -0.2) is 26.3 Å². The van der Waals surface area contributed by atoms with Crippen LogP contribution in [0.4, 0.5) is 13.2 Å². The van der Waals surface area contributed by atoms with E-state index in [1.165, 1.54) is 30.5 Å². The Morgan fingerprint density at radius 1 is 1.12 bits per heavy atom. The predicted octanol–water partition coefficient (Wildman–Crippen LogP) is 4.36. The maximum atomic E-state index is 13.5. The van der Waals surface area contributed by atoms with Gasteiger partial charge in [0.05, 0.1) is 41.8 Å². The molecule has 7 nitrogen and oxygen atoms in total. The van der Waals surface area contributed by atoms with E-state index in [4.69, 9.17) is 10.6 Å². The van der Waals surface area contributed by atoms with Crippen molar-refractivity contribution in [3.63, 3.8) is 0 Å². The van der Waals surface area contributed by atoms with Gasteiger partial charge in [-0.1, -0.05) is 30.8 Å². The van der Waals surface area contributed by atoms with Crippen LogP contribution < -0.4 is 16.2 Å². The molecule has 4 aromatic rings. The molecular weight excluding hydrogens is 445 g/mol. The van der Waals surface area contributed by atoms with Crippen LogP contribution in [0.5, 0.6) is 5.75 Å². The summed E-state index contributed by atoms with van der Waals surface area (Å²) in [6.07, 6.45) is 0.350. The van der Waals surface area contributed by atoms with Crippen LogP contribution >= 0.6 is 0 Å². The van der Waals surface area contributed by atoms with Crippen molar-refractivity contribution < 1.29 is 17.9 Å². The van der Waals surface area contributed by atoms with Crippen LogP contribution in [-0.2, 0) is 6.18 Å². The smallest absolute Gasteiger partial charge is 0.417 e. The fourth-order valence-electron chi connectivity index (χ4n) is 3.49. The number of nitrogens with two attached hydrogens (primary N) is 1. The molecule has 0 fully saturated rings. The third kappa shape index (κ3) is 4.42. The second kappa shape index (κ2) is 8.89. The van der Waals surface area contributed by atoms with Crippen molar-refractivity contribution in [3.05, 3.63) is 96.3 Å². The number of nitrogens with zero attached hydrogens (tertiary/aromatic N) is 5. The molecule has 0 saturated heterocycles. The molecule has 0 aliphatic rings. The van der Waals surface area contributed by atoms with Gasteiger partial charge in [-0.05, 0) is 31.2 Å². The normalized spacial score (nSPS) is 12.1. The number of halogens is 3. The average molecular weight is 466 g/mol. The van der Waals surface area contributed by atoms with Crippen molar-refractivity contribution >= 4 is 5.70 Å². The van der Waals surface area contributed by atoms with E-state index >= 15 is 0 Å². The Balaban J connectivity index is 1.75. The minimum Gasteiger partial charge on any atom is -0.495 e. The molecule has 0 bridgehead atoms. The fourth-order valence-corrected chi connectivity index (χ4v) is 3.49. The summed E-state index contributed by atoms with van der Waals surface area (Å²) in [5.41, 5.74) is 1.78. The van der Waals surface area contributed by atoms with E-state index in [2.05, 4.69) is 21.5 Å². The first-order chi connectivity index (χ1) is 16.2. The number of nitrogen functional groups attached to an aromatic ring is 1. The summed E-state index contributed by atoms with van der Waals surface area (Å²) in [7, 11) is 1.54. The van der Waals surface area contributed by atoms with E-state index in [-0.39, 0.29) is 16.9 Å². The summed E-state index contributed by atoms with van der Waals surface area (Å²) in [4.78, 5) is 12.7. The third-order valence-electron chi connectivity index (χ3n) is 5.14. The Morgan fingerprint density at radius 3 is 2.56 bits per heavy atom. The molecule has 0 atom stereocenters. The number of hydrogen-bond donors (Lipinski definition) is 1. The molecular formula is C24H21F3N6O. The van der Waals surface area contributed by atoms with Gasteiger partial charge < -0.3 is 15.1 Å². The SMILES string of the molecule is C=C(/N=c1/nccc(-c2ccccc2C(F)(F)F)n1N)c1ccc(-n2cnc(C)c2)c(OC)c1. The monoisotopic (exact) mass is 466 g/mol. The summed E-state index contributed by atoms with van der Waals surface area (Å²) < 4.78 is 48.9. The largest absolute Gasteiger partial charge is 0.495 e. The molecule has 174 valence electrons. The minimum atomic E-state index is -4.54. The second-order valence-electron chi connectivity index (χ2n) is 7.41. The van der Waals surface area contributed by atoms with Gasteiger partial charge in [-0.25, -0.2) is 19.6 Å². The van der Waals surface area contributed by atoms with Gasteiger partial charge >= 0.3 is 6.18 Å². The van der Waals surface area contributed by atoms with Crippen LogP contribution in [0, 0.1) is 6.92 Å². The molecule has 10 heteroatoms. The number of benzene rings is 2. The number of rotatable bonds is 5. The zero-order valence-corrected chi connectivity index (χ0v) is 18.4. The van der Waals surface area contributed by atoms with Crippen LogP contribution in [0.15, 0.2) is 78.8 Å². The number of ether oxygens (including phenoxy) is 1. The van der Waals surface area contributed by atoms with Crippen molar-refractivity contribution in [2.45, 2.75) is 13.1 Å². The molecule has 0 aliphatic carbocycles. The first kappa shape index (κ1) is 22.8. The van der Waals surface area contributed by atoms with Crippen molar-refractivity contribution in [1.82, 2.24) is 19.2 Å². The van der Waals surface area contributed by atoms with Gasteiger partial charge in [-0.2, -0.15) is 13.2 Å². The number of aromatic nitrogens is 4. The molecule has 0 saturated carbocycles. The molecule has 0 spiro atoms. The Bertz CT molecular complexity index is 1440. The van der Waals surface area contributed by atoms with Gasteiger partial charge in [0.15, 0.2) is 0 Å². The lowest BCUT2D eigenvalue weighted by molar-refractivity contribution is -0.137. The van der Waals surface area contributed by atoms with E-state index in [0.29, 0.717) is 17.0 Å². The minimum absolute atomic E-state index is 0.00671. The van der Waals surface area contributed by atoms with Crippen LogP contribution in [0.1, 0.15) is 16.8 Å². The van der Waals surface area contributed by atoms with Crippen LogP contribution in [0.25, 0.3) is 22.6 Å². The first-order valence-corrected chi connectivity index (χ1v) is 10.1. The average Bonchev–Trinajstić information content (AvgIpc) is 3.25. The molecule has 34 heavy (non-hydrogen) atoms. The zero-order chi connectivity index (χ0) is 24.5. The van der Waals surface area contributed by atoms with Crippen LogP contribution in [0.3, 0.4) is 0 Å². The Morgan fingerprint density at radius 2 is 1.88 bits per heavy atom. The Hall–Kier alpha value is -4.34. The third-order valence-corrected chi connectivity index (χ3v) is 5.14. The summed E-state index contributed by atoms with van der Waals surface area (Å²) in [6, 6.07) is 12.0. The molecule has 0 radical (unpaired) electrons. The summed E-state index contributed by atoms with van der Waals surface area (Å²) >= 11 is 0. The van der Waals surface area contributed by atoms with Gasteiger partial charge in [-0.15, -0.1) is 0 Å². The Labute approximate surface area is 193 Å². The van der Waals surface area contributed by atoms with Crippen molar-refractivity contribution in [3.8, 4) is 22.7 Å². The summed E-state index contributed by atoms with van der Waals surface area (Å²) in [5.74, 6) is 6.69. The standard InChI is InChI=1S/C24H21F3N6O/c1-15-13-32(14-30-15)21-9-8-17(12-22(21)34-3)16(2)31-23-29-11-10-20(33(23)28)18-6-4-5-7-19(18)24(25,26)27/h4-14H,2,28H2,1,3H3/b31-23-. The lowest BCUT2D eigenvalue weighted by Crippen LogP contribution is -2.32. The lowest BCUT2D eigenvalue weighted by Gasteiger charge is -2.15. The molecule has 0 unspecified atom stereocenters. The predicted molar refractivity (Wildman–Crippen MR) is 122 cm³/mol. The molecule has 0 aliphatic heterocycles. The zero-order valence-electron chi connectivity index (χ0n) is 18.4. The highest BCUT2D eigenvalue weighted by Crippen LogP contribution is 2.36. The van der Waals surface area contributed by atoms with E-state index in [0.717, 1.165) is 22.1 Å². The van der Waals surface area contributed by atoms with Crippen molar-refractivity contribution in [2.24, 2.45) is 4.99 Å². The maximum Gasteiger partial charge on any atom is 0.417 e. The molecule has 2 aromatic heterocycles. The highest BCUT2D eigenvalue weighted by Gasteiger charge is 2.33. The summed E-state index contributed by atoms with van der Waals surface area (Å²) in [5, 5.41) is 0. The van der Waals surface area contributed by atoms with Crippen LogP contribution in [0.2, 0.25) is 0 Å². The molecule has 2 heterocycles. The quantitative estimate of drug-likeness (QED) is 0.443. The first-order valence-electron chi connectivity index (χ1n) is 10.1. The van der Waals surface area contributed by atoms with E-state index in [9.17, 15) is 13.2 Å². The number of imidazole rings is 1. The fraction of sp³-hybridized carbons (Fsp3) is 0.125.